The van der Waals surface area contributed by atoms with E-state index in [1.54, 1.807) is 36.2 Å². The first-order chi connectivity index (χ1) is 20.2. The average Bonchev–Trinajstić information content (AvgIpc) is 3.48. The van der Waals surface area contributed by atoms with Crippen LogP contribution in [0.4, 0.5) is 23.4 Å². The summed E-state index contributed by atoms with van der Waals surface area (Å²) in [5.41, 5.74) is -1.77. The van der Waals surface area contributed by atoms with E-state index in [1.807, 2.05) is 0 Å². The molecular weight excluding hydrogens is 572 g/mol. The molecule has 2 aromatic carbocycles. The summed E-state index contributed by atoms with van der Waals surface area (Å²) in [5, 5.41) is 4.02. The Bertz CT molecular complexity index is 1700. The Labute approximate surface area is 244 Å². The molecule has 0 spiro atoms. The van der Waals surface area contributed by atoms with E-state index in [9.17, 15) is 8.78 Å². The van der Waals surface area contributed by atoms with Crippen LogP contribution in [0.15, 0.2) is 36.5 Å². The number of alkyl halides is 2. The molecule has 1 N–H and O–H groups in total. The molecule has 0 amide bonds. The first kappa shape index (κ1) is 27.5. The average molecular weight is 601 g/mol. The molecule has 3 aliphatic heterocycles. The highest BCUT2D eigenvalue weighted by Gasteiger charge is 2.49. The predicted octanol–water partition coefficient (Wildman–Crippen LogP) is 5.48. The van der Waals surface area contributed by atoms with Crippen LogP contribution in [0.5, 0.6) is 6.01 Å². The maximum absolute atomic E-state index is 16.5. The van der Waals surface area contributed by atoms with Gasteiger partial charge in [-0.25, -0.2) is 17.6 Å². The summed E-state index contributed by atoms with van der Waals surface area (Å²) in [6, 6.07) is 7.82. The Kier molecular flexibility index (Phi) is 6.67. The number of pyridine rings is 1. The van der Waals surface area contributed by atoms with Gasteiger partial charge in [0.2, 0.25) is 0 Å². The fraction of sp³-hybridized carbons (Fsp3) is 0.433. The van der Waals surface area contributed by atoms with Crippen LogP contribution in [0.1, 0.15) is 19.3 Å². The number of aromatic nitrogens is 3. The van der Waals surface area contributed by atoms with Gasteiger partial charge in [-0.2, -0.15) is 9.97 Å². The Morgan fingerprint density at radius 3 is 2.81 bits per heavy atom. The van der Waals surface area contributed by atoms with Gasteiger partial charge in [0.05, 0.1) is 22.5 Å². The van der Waals surface area contributed by atoms with Crippen molar-refractivity contribution in [1.29, 1.82) is 0 Å². The molecule has 2 atom stereocenters. The summed E-state index contributed by atoms with van der Waals surface area (Å²) in [4.78, 5) is 17.1. The van der Waals surface area contributed by atoms with Crippen LogP contribution >= 0.6 is 11.6 Å². The van der Waals surface area contributed by atoms with Gasteiger partial charge in [-0.05, 0) is 30.8 Å². The van der Waals surface area contributed by atoms with E-state index in [1.165, 1.54) is 12.3 Å². The zero-order chi connectivity index (χ0) is 29.2. The number of nitrogens with zero attached hydrogens (tertiary/aromatic N) is 5. The lowest BCUT2D eigenvalue weighted by molar-refractivity contribution is 0.0987. The Balaban J connectivity index is 1.34. The lowest BCUT2D eigenvalue weighted by Gasteiger charge is -2.38. The number of benzene rings is 2. The topological polar surface area (TPSA) is 66.4 Å². The molecular formula is C30H29ClF4N6O. The van der Waals surface area contributed by atoms with Crippen LogP contribution in [0.2, 0.25) is 5.02 Å². The molecule has 0 unspecified atom stereocenters. The molecule has 7 nitrogen and oxygen atoms in total. The summed E-state index contributed by atoms with van der Waals surface area (Å²) in [5.74, 6) is -1.14. The third-order valence-electron chi connectivity index (χ3n) is 8.83. The van der Waals surface area contributed by atoms with E-state index >= 15 is 8.78 Å². The van der Waals surface area contributed by atoms with Gasteiger partial charge in [0.15, 0.2) is 11.5 Å². The highest BCUT2D eigenvalue weighted by molar-refractivity contribution is 6.36. The zero-order valence-corrected chi connectivity index (χ0v) is 23.7. The Hall–Kier alpha value is -3.28. The van der Waals surface area contributed by atoms with Gasteiger partial charge in [-0.3, -0.25) is 9.88 Å². The molecule has 3 saturated heterocycles. The molecule has 0 radical (unpaired) electrons. The second kappa shape index (κ2) is 10.2. The summed E-state index contributed by atoms with van der Waals surface area (Å²) in [6.45, 7) is 1.70. The van der Waals surface area contributed by atoms with Crippen molar-refractivity contribution < 1.29 is 22.3 Å². The van der Waals surface area contributed by atoms with Crippen molar-refractivity contribution in [2.45, 2.75) is 36.6 Å². The van der Waals surface area contributed by atoms with E-state index in [4.69, 9.17) is 16.3 Å². The minimum Gasteiger partial charge on any atom is -0.461 e. The van der Waals surface area contributed by atoms with Gasteiger partial charge in [0, 0.05) is 50.2 Å². The fourth-order valence-electron chi connectivity index (χ4n) is 6.73. The number of hydrogen-bond acceptors (Lipinski definition) is 7. The Morgan fingerprint density at radius 2 is 2.02 bits per heavy atom. The summed E-state index contributed by atoms with van der Waals surface area (Å²) < 4.78 is 66.4. The third kappa shape index (κ3) is 4.53. The molecule has 3 fully saturated rings. The lowest BCUT2D eigenvalue weighted by Crippen LogP contribution is -2.61. The van der Waals surface area contributed by atoms with Crippen molar-refractivity contribution in [2.24, 2.45) is 0 Å². The van der Waals surface area contributed by atoms with Crippen molar-refractivity contribution in [3.63, 3.8) is 0 Å². The predicted molar refractivity (Wildman–Crippen MR) is 154 cm³/mol. The van der Waals surface area contributed by atoms with Crippen molar-refractivity contribution in [3.05, 3.63) is 53.2 Å². The molecule has 5 heterocycles. The molecule has 0 saturated carbocycles. The molecule has 7 rings (SSSR count). The largest absolute Gasteiger partial charge is 0.461 e. The van der Waals surface area contributed by atoms with Crippen molar-refractivity contribution >= 4 is 39.1 Å². The molecule has 4 aromatic rings. The fourth-order valence-corrected chi connectivity index (χ4v) is 7.00. The van der Waals surface area contributed by atoms with Gasteiger partial charge in [-0.15, -0.1) is 0 Å². The number of anilines is 1. The highest BCUT2D eigenvalue weighted by Crippen LogP contribution is 2.41. The van der Waals surface area contributed by atoms with Gasteiger partial charge in [-0.1, -0.05) is 35.9 Å². The molecule has 220 valence electrons. The van der Waals surface area contributed by atoms with E-state index in [2.05, 4.69) is 25.2 Å². The molecule has 3 aliphatic rings. The first-order valence-electron chi connectivity index (χ1n) is 14.0. The summed E-state index contributed by atoms with van der Waals surface area (Å²) in [7, 11) is 1.67. The molecule has 42 heavy (non-hydrogen) atoms. The minimum atomic E-state index is -1.47. The minimum absolute atomic E-state index is 0.00831. The van der Waals surface area contributed by atoms with Crippen LogP contribution in [-0.2, 0) is 0 Å². The SMILES string of the molecule is CN(CC1(F)CNC1)c1nc(OC[C@@]23CCCN2C[C@H](F)C3)nc2c(F)c(-c3cccc4ccc(F)c(Cl)c34)ncc12. The molecule has 0 bridgehead atoms. The van der Waals surface area contributed by atoms with Crippen LogP contribution in [0, 0.1) is 11.6 Å². The molecule has 0 aliphatic carbocycles. The second-order valence-electron chi connectivity index (χ2n) is 11.8. The second-order valence-corrected chi connectivity index (χ2v) is 12.1. The van der Waals surface area contributed by atoms with E-state index in [0.29, 0.717) is 29.3 Å². The van der Waals surface area contributed by atoms with Gasteiger partial charge < -0.3 is 15.0 Å². The van der Waals surface area contributed by atoms with Gasteiger partial charge >= 0.3 is 6.01 Å². The first-order valence-corrected chi connectivity index (χ1v) is 14.4. The van der Waals surface area contributed by atoms with Crippen LogP contribution in [0.25, 0.3) is 32.9 Å². The molecule has 12 heteroatoms. The maximum atomic E-state index is 16.5. The number of fused-ring (bicyclic) bond motifs is 3. The number of halogens is 5. The number of ether oxygens (including phenoxy) is 1. The maximum Gasteiger partial charge on any atom is 0.319 e. The zero-order valence-electron chi connectivity index (χ0n) is 22.9. The van der Waals surface area contributed by atoms with E-state index in [-0.39, 0.29) is 59.7 Å². The third-order valence-corrected chi connectivity index (χ3v) is 9.20. The highest BCUT2D eigenvalue weighted by atomic mass is 35.5. The number of nitrogens with one attached hydrogen (secondary N) is 1. The van der Waals surface area contributed by atoms with E-state index < -0.39 is 29.0 Å². The summed E-state index contributed by atoms with van der Waals surface area (Å²) >= 11 is 6.33. The lowest BCUT2D eigenvalue weighted by atomic mass is 9.95. The van der Waals surface area contributed by atoms with Gasteiger partial charge in [0.1, 0.15) is 35.6 Å². The normalized spacial score (nSPS) is 23.3. The number of rotatable bonds is 7. The van der Waals surface area contributed by atoms with Gasteiger partial charge in [0.25, 0.3) is 0 Å². The quantitative estimate of drug-likeness (QED) is 0.282. The van der Waals surface area contributed by atoms with Crippen molar-refractivity contribution in [3.8, 4) is 17.3 Å². The standard InChI is InChI=1S/C30H29ClF4N6O/c1-40(15-29(35)13-36-14-29)27-20-11-37-25(19-5-2-4-17-6-7-21(33)23(31)22(17)19)24(34)26(20)38-28(39-27)42-16-30-8-3-9-41(30)12-18(32)10-30/h2,4-7,11,18,36H,3,8-10,12-16H2,1H3/t18-,30+/m1/s1. The smallest absolute Gasteiger partial charge is 0.319 e. The monoisotopic (exact) mass is 600 g/mol. The van der Waals surface area contributed by atoms with Crippen molar-refractivity contribution in [2.75, 3.05) is 51.3 Å². The Morgan fingerprint density at radius 1 is 1.19 bits per heavy atom. The molecule has 2 aromatic heterocycles. The summed E-state index contributed by atoms with van der Waals surface area (Å²) in [6.07, 6.45) is 2.57. The van der Waals surface area contributed by atoms with Crippen LogP contribution < -0.4 is 15.0 Å². The van der Waals surface area contributed by atoms with Crippen molar-refractivity contribution in [1.82, 2.24) is 25.2 Å². The van der Waals surface area contributed by atoms with Crippen LogP contribution in [-0.4, -0.2) is 83.6 Å². The van der Waals surface area contributed by atoms with Crippen LogP contribution in [0.3, 0.4) is 0 Å². The van der Waals surface area contributed by atoms with E-state index in [0.717, 1.165) is 19.4 Å². The number of hydrogen-bond donors (Lipinski definition) is 1.